The van der Waals surface area contributed by atoms with Crippen LogP contribution in [-0.2, 0) is 0 Å². The van der Waals surface area contributed by atoms with Crippen molar-refractivity contribution in [1.29, 1.82) is 0 Å². The van der Waals surface area contributed by atoms with Crippen LogP contribution in [0.25, 0.3) is 11.4 Å². The van der Waals surface area contributed by atoms with Gasteiger partial charge in [-0.05, 0) is 38.1 Å². The van der Waals surface area contributed by atoms with Crippen LogP contribution in [0.4, 0.5) is 14.6 Å². The molecule has 0 fully saturated rings. The number of rotatable bonds is 6. The smallest absolute Gasteiger partial charge is 0.257 e. The number of benzene rings is 1. The van der Waals surface area contributed by atoms with Crippen molar-refractivity contribution >= 4 is 11.7 Å². The second-order valence-electron chi connectivity index (χ2n) is 6.13. The number of carbonyl (C=O) groups excluding carboxylic acids is 1. The first-order valence-electron chi connectivity index (χ1n) is 8.69. The molecule has 0 aliphatic rings. The van der Waals surface area contributed by atoms with Gasteiger partial charge >= 0.3 is 0 Å². The Balaban J connectivity index is 1.65. The normalized spacial score (nSPS) is 10.6. The predicted octanol–water partition coefficient (Wildman–Crippen LogP) is 3.28. The molecule has 0 aliphatic heterocycles. The van der Waals surface area contributed by atoms with Crippen LogP contribution in [0.15, 0.2) is 42.7 Å². The number of amides is 1. The Hall–Kier alpha value is -3.42. The molecule has 0 saturated carbocycles. The Morgan fingerprint density at radius 2 is 1.79 bits per heavy atom. The number of halogens is 2. The molecule has 1 aromatic carbocycles. The van der Waals surface area contributed by atoms with Crippen LogP contribution in [-0.4, -0.2) is 33.9 Å². The summed E-state index contributed by atoms with van der Waals surface area (Å²) in [5.74, 6) is -1.43. The lowest BCUT2D eigenvalue weighted by atomic mass is 10.2. The highest BCUT2D eigenvalue weighted by Gasteiger charge is 2.16. The van der Waals surface area contributed by atoms with Crippen LogP contribution < -0.4 is 10.6 Å². The van der Waals surface area contributed by atoms with Crippen LogP contribution in [0.2, 0.25) is 0 Å². The zero-order valence-electron chi connectivity index (χ0n) is 15.5. The molecule has 28 heavy (non-hydrogen) atoms. The SMILES string of the molecule is Cc1nc(-c2cccnc2)nc(NCCNC(=O)c2c(F)cccc2F)c1C. The lowest BCUT2D eigenvalue weighted by molar-refractivity contribution is 0.0946. The Kier molecular flexibility index (Phi) is 5.88. The quantitative estimate of drug-likeness (QED) is 0.639. The van der Waals surface area contributed by atoms with Crippen LogP contribution in [0, 0.1) is 25.5 Å². The molecule has 3 rings (SSSR count). The molecule has 2 heterocycles. The van der Waals surface area contributed by atoms with E-state index < -0.39 is 23.1 Å². The highest BCUT2D eigenvalue weighted by atomic mass is 19.1. The highest BCUT2D eigenvalue weighted by Crippen LogP contribution is 2.20. The van der Waals surface area contributed by atoms with Crippen molar-refractivity contribution in [2.24, 2.45) is 0 Å². The average molecular weight is 383 g/mol. The van der Waals surface area contributed by atoms with Crippen molar-refractivity contribution in [3.63, 3.8) is 0 Å². The van der Waals surface area contributed by atoms with Crippen molar-refractivity contribution in [1.82, 2.24) is 20.3 Å². The molecule has 6 nitrogen and oxygen atoms in total. The average Bonchev–Trinajstić information content (AvgIpc) is 2.68. The van der Waals surface area contributed by atoms with E-state index in [0.29, 0.717) is 18.2 Å². The fourth-order valence-corrected chi connectivity index (χ4v) is 2.59. The van der Waals surface area contributed by atoms with E-state index in [-0.39, 0.29) is 6.54 Å². The number of nitrogens with one attached hydrogen (secondary N) is 2. The molecular weight excluding hydrogens is 364 g/mol. The standard InChI is InChI=1S/C20H19F2N5O/c1-12-13(2)26-19(14-5-4-8-23-11-14)27-18(12)24-9-10-25-20(28)17-15(21)6-3-7-16(17)22/h3-8,11H,9-10H2,1-2H3,(H,25,28)(H,24,26,27). The molecule has 0 bridgehead atoms. The topological polar surface area (TPSA) is 79.8 Å². The molecule has 3 aromatic rings. The molecule has 0 radical (unpaired) electrons. The third kappa shape index (κ3) is 4.28. The van der Waals surface area contributed by atoms with E-state index in [4.69, 9.17) is 0 Å². The van der Waals surface area contributed by atoms with Gasteiger partial charge in [0.15, 0.2) is 5.82 Å². The molecule has 2 aromatic heterocycles. The zero-order valence-corrected chi connectivity index (χ0v) is 15.5. The largest absolute Gasteiger partial charge is 0.368 e. The van der Waals surface area contributed by atoms with Crippen molar-refractivity contribution in [3.05, 3.63) is 71.2 Å². The first-order valence-corrected chi connectivity index (χ1v) is 8.69. The monoisotopic (exact) mass is 383 g/mol. The van der Waals surface area contributed by atoms with E-state index >= 15 is 0 Å². The molecule has 0 unspecified atom stereocenters. The molecule has 0 saturated heterocycles. The Morgan fingerprint density at radius 3 is 2.46 bits per heavy atom. The van der Waals surface area contributed by atoms with Crippen LogP contribution >= 0.6 is 0 Å². The lowest BCUT2D eigenvalue weighted by Crippen LogP contribution is -2.30. The van der Waals surface area contributed by atoms with Crippen LogP contribution in [0.5, 0.6) is 0 Å². The third-order valence-corrected chi connectivity index (χ3v) is 4.20. The first-order chi connectivity index (χ1) is 13.5. The molecular formula is C20H19F2N5O. The minimum absolute atomic E-state index is 0.164. The first kappa shape index (κ1) is 19.3. The predicted molar refractivity (Wildman–Crippen MR) is 102 cm³/mol. The summed E-state index contributed by atoms with van der Waals surface area (Å²) in [7, 11) is 0. The van der Waals surface area contributed by atoms with E-state index in [9.17, 15) is 13.6 Å². The minimum Gasteiger partial charge on any atom is -0.368 e. The van der Waals surface area contributed by atoms with Crippen molar-refractivity contribution in [2.75, 3.05) is 18.4 Å². The summed E-state index contributed by atoms with van der Waals surface area (Å²) in [5.41, 5.74) is 1.89. The van der Waals surface area contributed by atoms with Gasteiger partial charge in [0, 0.05) is 42.3 Å². The number of anilines is 1. The number of aromatic nitrogens is 3. The van der Waals surface area contributed by atoms with Gasteiger partial charge < -0.3 is 10.6 Å². The Labute approximate surface area is 161 Å². The molecule has 8 heteroatoms. The fourth-order valence-electron chi connectivity index (χ4n) is 2.59. The van der Waals surface area contributed by atoms with E-state index in [1.165, 1.54) is 6.07 Å². The maximum absolute atomic E-state index is 13.6. The second-order valence-corrected chi connectivity index (χ2v) is 6.13. The minimum atomic E-state index is -0.895. The van der Waals surface area contributed by atoms with Gasteiger partial charge in [0.1, 0.15) is 23.0 Å². The van der Waals surface area contributed by atoms with Gasteiger partial charge in [-0.15, -0.1) is 0 Å². The van der Waals surface area contributed by atoms with Gasteiger partial charge in [0.25, 0.3) is 5.91 Å². The lowest BCUT2D eigenvalue weighted by Gasteiger charge is -2.13. The molecule has 1 amide bonds. The zero-order chi connectivity index (χ0) is 20.1. The van der Waals surface area contributed by atoms with E-state index in [1.807, 2.05) is 19.9 Å². The summed E-state index contributed by atoms with van der Waals surface area (Å²) >= 11 is 0. The highest BCUT2D eigenvalue weighted by molar-refractivity contribution is 5.94. The van der Waals surface area contributed by atoms with Crippen molar-refractivity contribution in [2.45, 2.75) is 13.8 Å². The van der Waals surface area contributed by atoms with Crippen molar-refractivity contribution in [3.8, 4) is 11.4 Å². The van der Waals surface area contributed by atoms with E-state index in [0.717, 1.165) is 29.0 Å². The molecule has 0 atom stereocenters. The Morgan fingerprint density at radius 1 is 1.04 bits per heavy atom. The van der Waals surface area contributed by atoms with Crippen LogP contribution in [0.1, 0.15) is 21.6 Å². The molecule has 0 aliphatic carbocycles. The third-order valence-electron chi connectivity index (χ3n) is 4.20. The summed E-state index contributed by atoms with van der Waals surface area (Å²) in [6.45, 7) is 4.26. The van der Waals surface area contributed by atoms with Crippen molar-refractivity contribution < 1.29 is 13.6 Å². The van der Waals surface area contributed by atoms with Gasteiger partial charge in [0.05, 0.1) is 0 Å². The maximum Gasteiger partial charge on any atom is 0.257 e. The number of nitrogens with zero attached hydrogens (tertiary/aromatic N) is 3. The summed E-state index contributed by atoms with van der Waals surface area (Å²) < 4.78 is 27.3. The molecule has 0 spiro atoms. The van der Waals surface area contributed by atoms with E-state index in [2.05, 4.69) is 25.6 Å². The fraction of sp³-hybridized carbons (Fsp3) is 0.200. The van der Waals surface area contributed by atoms with Gasteiger partial charge in [-0.2, -0.15) is 0 Å². The number of hydrogen-bond donors (Lipinski definition) is 2. The van der Waals surface area contributed by atoms with Gasteiger partial charge in [-0.25, -0.2) is 18.7 Å². The number of aryl methyl sites for hydroxylation is 1. The second kappa shape index (κ2) is 8.51. The summed E-state index contributed by atoms with van der Waals surface area (Å²) in [6, 6.07) is 6.97. The summed E-state index contributed by atoms with van der Waals surface area (Å²) in [6.07, 6.45) is 3.35. The number of carbonyl (C=O) groups is 1. The summed E-state index contributed by atoms with van der Waals surface area (Å²) in [4.78, 5) is 25.1. The van der Waals surface area contributed by atoms with Crippen LogP contribution in [0.3, 0.4) is 0 Å². The molecule has 2 N–H and O–H groups in total. The number of hydrogen-bond acceptors (Lipinski definition) is 5. The van der Waals surface area contributed by atoms with Gasteiger partial charge in [-0.1, -0.05) is 6.07 Å². The van der Waals surface area contributed by atoms with Gasteiger partial charge in [0.2, 0.25) is 0 Å². The maximum atomic E-state index is 13.6. The van der Waals surface area contributed by atoms with Gasteiger partial charge in [-0.3, -0.25) is 9.78 Å². The Bertz CT molecular complexity index is 975. The molecule has 144 valence electrons. The van der Waals surface area contributed by atoms with E-state index in [1.54, 1.807) is 18.5 Å². The summed E-state index contributed by atoms with van der Waals surface area (Å²) in [5, 5.41) is 5.62. The number of pyridine rings is 1.